The largest absolute Gasteiger partial charge is 0.494 e. The van der Waals surface area contributed by atoms with Crippen LogP contribution in [0.4, 0.5) is 11.6 Å². The summed E-state index contributed by atoms with van der Waals surface area (Å²) >= 11 is 6.53. The van der Waals surface area contributed by atoms with E-state index in [9.17, 15) is 4.79 Å². The van der Waals surface area contributed by atoms with Gasteiger partial charge >= 0.3 is 0 Å². The van der Waals surface area contributed by atoms with Crippen molar-refractivity contribution in [3.05, 3.63) is 75.0 Å². The summed E-state index contributed by atoms with van der Waals surface area (Å²) in [6.07, 6.45) is 0. The maximum Gasteiger partial charge on any atom is 0.288 e. The molecule has 0 amide bonds. The number of nitrogens with zero attached hydrogens (tertiary/aromatic N) is 5. The SMILES string of the molecule is CCOc1ccc(-c2n[nH]c(=O)c3c2C(c2ccccc2Cl)n2nnnc2N3)cc1. The number of tetrazole rings is 1. The zero-order valence-electron chi connectivity index (χ0n) is 15.8. The van der Waals surface area contributed by atoms with Crippen molar-refractivity contribution in [1.29, 1.82) is 0 Å². The van der Waals surface area contributed by atoms with Crippen molar-refractivity contribution >= 4 is 23.2 Å². The lowest BCUT2D eigenvalue weighted by molar-refractivity contribution is 0.340. The molecule has 4 aromatic rings. The fourth-order valence-corrected chi connectivity index (χ4v) is 3.86. The van der Waals surface area contributed by atoms with Gasteiger partial charge in [0.1, 0.15) is 17.5 Å². The zero-order chi connectivity index (χ0) is 20.7. The molecule has 0 fully saturated rings. The van der Waals surface area contributed by atoms with Gasteiger partial charge in [0.2, 0.25) is 5.95 Å². The Hall–Kier alpha value is -3.72. The van der Waals surface area contributed by atoms with E-state index in [0.29, 0.717) is 34.5 Å². The molecule has 0 radical (unpaired) electrons. The van der Waals surface area contributed by atoms with Crippen molar-refractivity contribution in [2.24, 2.45) is 0 Å². The molecule has 0 spiro atoms. The first-order chi connectivity index (χ1) is 14.7. The number of rotatable bonds is 4. The molecule has 1 aliphatic heterocycles. The third-order valence-electron chi connectivity index (χ3n) is 4.91. The molecule has 1 aliphatic rings. The Morgan fingerprint density at radius 2 is 1.97 bits per heavy atom. The number of aromatic amines is 1. The van der Waals surface area contributed by atoms with Gasteiger partial charge < -0.3 is 10.1 Å². The number of ether oxygens (including phenoxy) is 1. The van der Waals surface area contributed by atoms with E-state index in [4.69, 9.17) is 16.3 Å². The van der Waals surface area contributed by atoms with Crippen molar-refractivity contribution < 1.29 is 4.74 Å². The van der Waals surface area contributed by atoms with Crippen LogP contribution in [0, 0.1) is 0 Å². The number of hydrogen-bond donors (Lipinski definition) is 2. The predicted octanol–water partition coefficient (Wildman–Crippen LogP) is 3.17. The fraction of sp³-hybridized carbons (Fsp3) is 0.150. The summed E-state index contributed by atoms with van der Waals surface area (Å²) in [5.74, 6) is 1.10. The average molecular weight is 422 g/mol. The molecule has 9 nitrogen and oxygen atoms in total. The van der Waals surface area contributed by atoms with E-state index in [1.807, 2.05) is 49.4 Å². The Balaban J connectivity index is 1.76. The van der Waals surface area contributed by atoms with E-state index in [0.717, 1.165) is 16.9 Å². The predicted molar refractivity (Wildman–Crippen MR) is 111 cm³/mol. The van der Waals surface area contributed by atoms with Gasteiger partial charge in [0, 0.05) is 21.7 Å². The highest BCUT2D eigenvalue weighted by Crippen LogP contribution is 2.42. The first-order valence-corrected chi connectivity index (χ1v) is 9.70. The van der Waals surface area contributed by atoms with Crippen molar-refractivity contribution in [3.8, 4) is 17.0 Å². The molecule has 5 rings (SSSR count). The minimum atomic E-state index is -0.531. The summed E-state index contributed by atoms with van der Waals surface area (Å²) in [5, 5.41) is 22.4. The highest BCUT2D eigenvalue weighted by Gasteiger charge is 2.35. The van der Waals surface area contributed by atoms with Crippen LogP contribution < -0.4 is 15.6 Å². The number of benzene rings is 2. The molecule has 10 heteroatoms. The van der Waals surface area contributed by atoms with Crippen molar-refractivity contribution in [1.82, 2.24) is 30.4 Å². The Morgan fingerprint density at radius 1 is 1.17 bits per heavy atom. The first-order valence-electron chi connectivity index (χ1n) is 9.32. The monoisotopic (exact) mass is 421 g/mol. The standard InChI is InChI=1S/C20H16ClN7O2/c1-2-30-12-9-7-11(8-10-12)16-15-17(19(29)24-23-16)22-20-25-26-27-28(20)18(15)13-5-3-4-6-14(13)21/h3-10,18H,2H2,1H3,(H,24,29)(H,22,25,27). The first kappa shape index (κ1) is 18.3. The number of H-pyrrole nitrogens is 1. The molecule has 0 bridgehead atoms. The number of halogens is 1. The maximum absolute atomic E-state index is 12.7. The van der Waals surface area contributed by atoms with Crippen LogP contribution in [-0.4, -0.2) is 37.0 Å². The van der Waals surface area contributed by atoms with Gasteiger partial charge in [-0.2, -0.15) is 9.78 Å². The van der Waals surface area contributed by atoms with Gasteiger partial charge in [-0.25, -0.2) is 5.10 Å². The van der Waals surface area contributed by atoms with E-state index < -0.39 is 6.04 Å². The lowest BCUT2D eigenvalue weighted by atomic mass is 9.92. The van der Waals surface area contributed by atoms with Crippen LogP contribution in [-0.2, 0) is 0 Å². The summed E-state index contributed by atoms with van der Waals surface area (Å²) in [6, 6.07) is 14.4. The molecule has 2 N–H and O–H groups in total. The molecule has 0 aliphatic carbocycles. The second-order valence-electron chi connectivity index (χ2n) is 6.64. The number of fused-ring (bicyclic) bond motifs is 2. The van der Waals surface area contributed by atoms with Crippen LogP contribution >= 0.6 is 11.6 Å². The number of anilines is 2. The van der Waals surface area contributed by atoms with Gasteiger partial charge in [0.25, 0.3) is 5.56 Å². The van der Waals surface area contributed by atoms with Gasteiger partial charge in [0.05, 0.1) is 12.3 Å². The summed E-state index contributed by atoms with van der Waals surface area (Å²) in [5.41, 5.74) is 2.76. The van der Waals surface area contributed by atoms with Gasteiger partial charge in [-0.3, -0.25) is 4.79 Å². The van der Waals surface area contributed by atoms with E-state index in [1.54, 1.807) is 10.7 Å². The molecule has 2 aromatic heterocycles. The van der Waals surface area contributed by atoms with Gasteiger partial charge in [-0.05, 0) is 47.7 Å². The van der Waals surface area contributed by atoms with E-state index in [1.165, 1.54) is 0 Å². The summed E-state index contributed by atoms with van der Waals surface area (Å²) in [7, 11) is 0. The zero-order valence-corrected chi connectivity index (χ0v) is 16.6. The lowest BCUT2D eigenvalue weighted by Crippen LogP contribution is -2.29. The van der Waals surface area contributed by atoms with Crippen molar-refractivity contribution in [2.75, 3.05) is 11.9 Å². The Morgan fingerprint density at radius 3 is 2.73 bits per heavy atom. The molecule has 150 valence electrons. The smallest absolute Gasteiger partial charge is 0.288 e. The molecule has 2 aromatic carbocycles. The Kier molecular flexibility index (Phi) is 4.44. The van der Waals surface area contributed by atoms with Crippen molar-refractivity contribution in [2.45, 2.75) is 13.0 Å². The van der Waals surface area contributed by atoms with Crippen LogP contribution in [0.1, 0.15) is 24.1 Å². The maximum atomic E-state index is 12.7. The summed E-state index contributed by atoms with van der Waals surface area (Å²) < 4.78 is 7.13. The van der Waals surface area contributed by atoms with E-state index in [-0.39, 0.29) is 5.56 Å². The lowest BCUT2D eigenvalue weighted by Gasteiger charge is -2.28. The summed E-state index contributed by atoms with van der Waals surface area (Å²) in [4.78, 5) is 12.7. The van der Waals surface area contributed by atoms with Crippen LogP contribution in [0.25, 0.3) is 11.3 Å². The third-order valence-corrected chi connectivity index (χ3v) is 5.25. The molecule has 1 unspecified atom stereocenters. The van der Waals surface area contributed by atoms with Gasteiger partial charge in [0.15, 0.2) is 0 Å². The minimum absolute atomic E-state index is 0.334. The highest BCUT2D eigenvalue weighted by atomic mass is 35.5. The fourth-order valence-electron chi connectivity index (χ4n) is 3.62. The molecule has 3 heterocycles. The molecule has 30 heavy (non-hydrogen) atoms. The molecular formula is C20H16ClN7O2. The number of aromatic nitrogens is 6. The van der Waals surface area contributed by atoms with Crippen LogP contribution in [0.15, 0.2) is 53.3 Å². The van der Waals surface area contributed by atoms with Crippen LogP contribution in [0.3, 0.4) is 0 Å². The molecular weight excluding hydrogens is 406 g/mol. The topological polar surface area (TPSA) is 111 Å². The van der Waals surface area contributed by atoms with Gasteiger partial charge in [-0.1, -0.05) is 34.9 Å². The van der Waals surface area contributed by atoms with Crippen LogP contribution in [0.5, 0.6) is 5.75 Å². The van der Waals surface area contributed by atoms with Crippen molar-refractivity contribution in [3.63, 3.8) is 0 Å². The Labute approximate surface area is 175 Å². The quantitative estimate of drug-likeness (QED) is 0.458. The third kappa shape index (κ3) is 2.91. The number of hydrogen-bond acceptors (Lipinski definition) is 7. The number of nitrogens with one attached hydrogen (secondary N) is 2. The molecule has 0 saturated heterocycles. The average Bonchev–Trinajstić information content (AvgIpc) is 3.23. The van der Waals surface area contributed by atoms with Crippen LogP contribution in [0.2, 0.25) is 5.02 Å². The molecule has 1 atom stereocenters. The second-order valence-corrected chi connectivity index (χ2v) is 7.05. The van der Waals surface area contributed by atoms with Gasteiger partial charge in [-0.15, -0.1) is 0 Å². The second kappa shape index (κ2) is 7.27. The Bertz CT molecular complexity index is 1280. The molecule has 0 saturated carbocycles. The normalized spacial score (nSPS) is 14.5. The minimum Gasteiger partial charge on any atom is -0.494 e. The highest BCUT2D eigenvalue weighted by molar-refractivity contribution is 6.31. The summed E-state index contributed by atoms with van der Waals surface area (Å²) in [6.45, 7) is 2.50. The van der Waals surface area contributed by atoms with E-state index in [2.05, 4.69) is 31.0 Å². The van der Waals surface area contributed by atoms with E-state index >= 15 is 0 Å².